The summed E-state index contributed by atoms with van der Waals surface area (Å²) in [5.41, 5.74) is 5.49. The minimum atomic E-state index is -0.747. The van der Waals surface area contributed by atoms with E-state index in [9.17, 15) is 4.79 Å². The van der Waals surface area contributed by atoms with Gasteiger partial charge in [-0.3, -0.25) is 4.79 Å². The molecule has 3 N–H and O–H groups in total. The zero-order valence-electron chi connectivity index (χ0n) is 10.6. The quantitative estimate of drug-likeness (QED) is 0.795. The highest BCUT2D eigenvalue weighted by Crippen LogP contribution is 2.28. The van der Waals surface area contributed by atoms with Crippen molar-refractivity contribution in [3.63, 3.8) is 0 Å². The Labute approximate surface area is 102 Å². The molecule has 0 saturated heterocycles. The van der Waals surface area contributed by atoms with E-state index in [-0.39, 0.29) is 5.91 Å². The molecule has 1 aromatic carbocycles. The summed E-state index contributed by atoms with van der Waals surface area (Å²) in [5.74, 6) is 0.348. The predicted molar refractivity (Wildman–Crippen MR) is 69.1 cm³/mol. The first-order valence-electron chi connectivity index (χ1n) is 5.74. The molecular weight excluding hydrogens is 216 g/mol. The smallest absolute Gasteiger partial charge is 0.242 e. The molecule has 0 spiro atoms. The molecule has 0 aliphatic carbocycles. The molecular formula is C13H20N2O2. The molecule has 0 aromatic heterocycles. The molecule has 1 atom stereocenters. The maximum atomic E-state index is 11.5. The van der Waals surface area contributed by atoms with E-state index in [0.717, 1.165) is 12.1 Å². The molecule has 0 aliphatic rings. The molecule has 1 rings (SSSR count). The molecule has 4 nitrogen and oxygen atoms in total. The average molecular weight is 236 g/mol. The Morgan fingerprint density at radius 1 is 1.47 bits per heavy atom. The fraction of sp³-hybridized carbons (Fsp3) is 0.462. The summed E-state index contributed by atoms with van der Waals surface area (Å²) in [4.78, 5) is 11.5. The molecule has 0 radical (unpaired) electrons. The fourth-order valence-corrected chi connectivity index (χ4v) is 1.79. The predicted octanol–water partition coefficient (Wildman–Crippen LogP) is 2.15. The zero-order valence-corrected chi connectivity index (χ0v) is 10.6. The van der Waals surface area contributed by atoms with Crippen molar-refractivity contribution in [2.45, 2.75) is 32.2 Å². The lowest BCUT2D eigenvalue weighted by atomic mass is 9.95. The minimum Gasteiger partial charge on any atom is -0.495 e. The van der Waals surface area contributed by atoms with Gasteiger partial charge >= 0.3 is 0 Å². The zero-order chi connectivity index (χ0) is 12.9. The number of nitrogens with one attached hydrogen (secondary N) is 1. The van der Waals surface area contributed by atoms with Crippen molar-refractivity contribution in [3.05, 3.63) is 24.3 Å². The number of primary amides is 1. The Hall–Kier alpha value is -1.71. The number of nitrogens with two attached hydrogens (primary N) is 1. The van der Waals surface area contributed by atoms with Gasteiger partial charge in [0, 0.05) is 0 Å². The Morgan fingerprint density at radius 2 is 2.12 bits per heavy atom. The third kappa shape index (κ3) is 3.12. The van der Waals surface area contributed by atoms with Gasteiger partial charge in [0.2, 0.25) is 5.91 Å². The topological polar surface area (TPSA) is 64.3 Å². The maximum Gasteiger partial charge on any atom is 0.242 e. The molecule has 0 bridgehead atoms. The van der Waals surface area contributed by atoms with Crippen molar-refractivity contribution in [1.82, 2.24) is 0 Å². The van der Waals surface area contributed by atoms with Crippen LogP contribution in [0.25, 0.3) is 0 Å². The van der Waals surface area contributed by atoms with Crippen LogP contribution in [0.3, 0.4) is 0 Å². The van der Waals surface area contributed by atoms with Crippen LogP contribution < -0.4 is 15.8 Å². The lowest BCUT2D eigenvalue weighted by Crippen LogP contribution is -2.47. The lowest BCUT2D eigenvalue weighted by Gasteiger charge is -2.29. The third-order valence-corrected chi connectivity index (χ3v) is 2.81. The van der Waals surface area contributed by atoms with Gasteiger partial charge in [-0.1, -0.05) is 25.5 Å². The third-order valence-electron chi connectivity index (χ3n) is 2.81. The second kappa shape index (κ2) is 5.57. The molecule has 1 unspecified atom stereocenters. The number of amides is 1. The Balaban J connectivity index is 2.97. The second-order valence-corrected chi connectivity index (χ2v) is 4.27. The Bertz CT molecular complexity index is 393. The molecule has 0 saturated carbocycles. The Morgan fingerprint density at radius 3 is 2.65 bits per heavy atom. The van der Waals surface area contributed by atoms with Gasteiger partial charge in [0.05, 0.1) is 12.8 Å². The molecule has 1 aromatic rings. The van der Waals surface area contributed by atoms with Crippen LogP contribution in [0.5, 0.6) is 5.75 Å². The van der Waals surface area contributed by atoms with E-state index >= 15 is 0 Å². The summed E-state index contributed by atoms with van der Waals surface area (Å²) in [6.07, 6.45) is 1.56. The number of hydrogen-bond acceptors (Lipinski definition) is 3. The molecule has 0 fully saturated rings. The van der Waals surface area contributed by atoms with Crippen molar-refractivity contribution < 1.29 is 9.53 Å². The van der Waals surface area contributed by atoms with Gasteiger partial charge in [-0.05, 0) is 25.5 Å². The molecule has 1 amide bonds. The highest BCUT2D eigenvalue weighted by molar-refractivity contribution is 5.88. The summed E-state index contributed by atoms with van der Waals surface area (Å²) in [7, 11) is 1.60. The summed E-state index contributed by atoms with van der Waals surface area (Å²) >= 11 is 0. The van der Waals surface area contributed by atoms with E-state index < -0.39 is 5.54 Å². The van der Waals surface area contributed by atoms with Crippen molar-refractivity contribution >= 4 is 11.6 Å². The van der Waals surface area contributed by atoms with Crippen LogP contribution in [0.2, 0.25) is 0 Å². The number of hydrogen-bond donors (Lipinski definition) is 2. The van der Waals surface area contributed by atoms with Gasteiger partial charge in [-0.2, -0.15) is 0 Å². The fourth-order valence-electron chi connectivity index (χ4n) is 1.79. The molecule has 94 valence electrons. The largest absolute Gasteiger partial charge is 0.495 e. The Kier molecular flexibility index (Phi) is 4.37. The van der Waals surface area contributed by atoms with Gasteiger partial charge in [-0.25, -0.2) is 0 Å². The van der Waals surface area contributed by atoms with E-state index in [4.69, 9.17) is 10.5 Å². The SMILES string of the molecule is CCCC(C)(Nc1ccccc1OC)C(N)=O. The molecule has 0 aliphatic heterocycles. The van der Waals surface area contributed by atoms with Crippen LogP contribution in [-0.4, -0.2) is 18.6 Å². The number of ether oxygens (including phenoxy) is 1. The normalized spacial score (nSPS) is 13.8. The number of methoxy groups -OCH3 is 1. The van der Waals surface area contributed by atoms with Crippen molar-refractivity contribution in [2.75, 3.05) is 12.4 Å². The first-order valence-corrected chi connectivity index (χ1v) is 5.74. The van der Waals surface area contributed by atoms with E-state index in [1.54, 1.807) is 7.11 Å². The van der Waals surface area contributed by atoms with Crippen LogP contribution >= 0.6 is 0 Å². The lowest BCUT2D eigenvalue weighted by molar-refractivity contribution is -0.122. The standard InChI is InChI=1S/C13H20N2O2/c1-4-9-13(2,12(14)16)15-10-7-5-6-8-11(10)17-3/h5-8,15H,4,9H2,1-3H3,(H2,14,16). The van der Waals surface area contributed by atoms with E-state index in [0.29, 0.717) is 12.2 Å². The summed E-state index contributed by atoms with van der Waals surface area (Å²) in [5, 5.41) is 3.18. The number of rotatable bonds is 6. The number of carbonyl (C=O) groups excluding carboxylic acids is 1. The average Bonchev–Trinajstić information content (AvgIpc) is 2.30. The first kappa shape index (κ1) is 13.4. The van der Waals surface area contributed by atoms with Crippen LogP contribution in [0.1, 0.15) is 26.7 Å². The van der Waals surface area contributed by atoms with Crippen LogP contribution in [0.4, 0.5) is 5.69 Å². The van der Waals surface area contributed by atoms with Crippen LogP contribution in [0.15, 0.2) is 24.3 Å². The number of anilines is 1. The maximum absolute atomic E-state index is 11.5. The van der Waals surface area contributed by atoms with Gasteiger partial charge < -0.3 is 15.8 Å². The highest BCUT2D eigenvalue weighted by atomic mass is 16.5. The number of carbonyl (C=O) groups is 1. The molecule has 17 heavy (non-hydrogen) atoms. The molecule has 4 heteroatoms. The summed E-state index contributed by atoms with van der Waals surface area (Å²) in [6, 6.07) is 7.48. The van der Waals surface area contributed by atoms with Gasteiger partial charge in [-0.15, -0.1) is 0 Å². The van der Waals surface area contributed by atoms with Gasteiger partial charge in [0.25, 0.3) is 0 Å². The minimum absolute atomic E-state index is 0.356. The van der Waals surface area contributed by atoms with Crippen LogP contribution in [-0.2, 0) is 4.79 Å². The number of benzene rings is 1. The molecule has 0 heterocycles. The highest BCUT2D eigenvalue weighted by Gasteiger charge is 2.30. The van der Waals surface area contributed by atoms with E-state index in [1.807, 2.05) is 38.1 Å². The van der Waals surface area contributed by atoms with Crippen molar-refractivity contribution in [2.24, 2.45) is 5.73 Å². The van der Waals surface area contributed by atoms with Gasteiger partial charge in [0.1, 0.15) is 11.3 Å². The number of para-hydroxylation sites is 2. The summed E-state index contributed by atoms with van der Waals surface area (Å²) < 4.78 is 5.23. The van der Waals surface area contributed by atoms with Crippen molar-refractivity contribution in [3.8, 4) is 5.75 Å². The second-order valence-electron chi connectivity index (χ2n) is 4.27. The first-order chi connectivity index (χ1) is 8.03. The summed E-state index contributed by atoms with van der Waals surface area (Å²) in [6.45, 7) is 3.83. The van der Waals surface area contributed by atoms with Crippen LogP contribution in [0, 0.1) is 0 Å². The van der Waals surface area contributed by atoms with Gasteiger partial charge in [0.15, 0.2) is 0 Å². The van der Waals surface area contributed by atoms with Crippen molar-refractivity contribution in [1.29, 1.82) is 0 Å². The monoisotopic (exact) mass is 236 g/mol. The van der Waals surface area contributed by atoms with E-state index in [1.165, 1.54) is 0 Å². The van der Waals surface area contributed by atoms with E-state index in [2.05, 4.69) is 5.32 Å².